The zero-order valence-corrected chi connectivity index (χ0v) is 17.6. The zero-order valence-electron chi connectivity index (χ0n) is 14.4. The molecule has 0 saturated carbocycles. The van der Waals surface area contributed by atoms with Crippen LogP contribution in [-0.2, 0) is 21.4 Å². The van der Waals surface area contributed by atoms with Crippen LogP contribution in [-0.4, -0.2) is 38.6 Å². The summed E-state index contributed by atoms with van der Waals surface area (Å²) in [7, 11) is -2.09. The number of hydrogen-bond acceptors (Lipinski definition) is 5. The number of carbonyl (C=O) groups excluding carboxylic acids is 2. The lowest BCUT2D eigenvalue weighted by molar-refractivity contribution is -0.130. The van der Waals surface area contributed by atoms with E-state index in [1.54, 1.807) is 29.4 Å². The number of hydrogen-bond donors (Lipinski definition) is 1. The smallest absolute Gasteiger partial charge is 0.240 e. The number of rotatable bonds is 8. The van der Waals surface area contributed by atoms with Crippen molar-refractivity contribution in [3.63, 3.8) is 0 Å². The molecular formula is C17H19BrN2O4S2. The molecule has 2 aromatic rings. The van der Waals surface area contributed by atoms with Crippen LogP contribution in [0.15, 0.2) is 45.1 Å². The molecule has 1 heterocycles. The highest BCUT2D eigenvalue weighted by Crippen LogP contribution is 2.23. The third kappa shape index (κ3) is 5.73. The molecule has 0 aliphatic heterocycles. The first-order valence-corrected chi connectivity index (χ1v) is 10.9. The van der Waals surface area contributed by atoms with Crippen LogP contribution in [0.3, 0.4) is 0 Å². The van der Waals surface area contributed by atoms with Crippen molar-refractivity contribution in [3.05, 3.63) is 50.6 Å². The van der Waals surface area contributed by atoms with Crippen molar-refractivity contribution >= 4 is 49.0 Å². The summed E-state index contributed by atoms with van der Waals surface area (Å²) in [5, 5.41) is 0. The lowest BCUT2D eigenvalue weighted by Gasteiger charge is -2.16. The van der Waals surface area contributed by atoms with Gasteiger partial charge < -0.3 is 4.90 Å². The molecule has 0 atom stereocenters. The molecule has 26 heavy (non-hydrogen) atoms. The molecule has 0 spiro atoms. The van der Waals surface area contributed by atoms with Crippen molar-refractivity contribution in [2.45, 2.75) is 24.8 Å². The van der Waals surface area contributed by atoms with E-state index in [1.807, 2.05) is 12.1 Å². The van der Waals surface area contributed by atoms with E-state index < -0.39 is 10.0 Å². The van der Waals surface area contributed by atoms with Crippen molar-refractivity contribution in [2.24, 2.45) is 0 Å². The molecule has 0 fully saturated rings. The molecular weight excluding hydrogens is 440 g/mol. The Kier molecular flexibility index (Phi) is 7.10. The maximum Gasteiger partial charge on any atom is 0.240 e. The number of carbonyl (C=O) groups is 2. The molecule has 0 aliphatic rings. The predicted octanol–water partition coefficient (Wildman–Crippen LogP) is 3.04. The average molecular weight is 459 g/mol. The highest BCUT2D eigenvalue weighted by Gasteiger charge is 2.17. The fourth-order valence-corrected chi connectivity index (χ4v) is 4.82. The van der Waals surface area contributed by atoms with Gasteiger partial charge in [0.1, 0.15) is 0 Å². The van der Waals surface area contributed by atoms with E-state index in [2.05, 4.69) is 20.7 Å². The van der Waals surface area contributed by atoms with Gasteiger partial charge in [-0.25, -0.2) is 13.1 Å². The summed E-state index contributed by atoms with van der Waals surface area (Å²) in [4.78, 5) is 26.1. The van der Waals surface area contributed by atoms with E-state index in [1.165, 1.54) is 25.1 Å². The number of amides is 1. The summed E-state index contributed by atoms with van der Waals surface area (Å²) in [6.07, 6.45) is 0.0503. The van der Waals surface area contributed by atoms with Gasteiger partial charge in [-0.2, -0.15) is 0 Å². The maximum atomic E-state index is 12.3. The second-order valence-corrected chi connectivity index (χ2v) is 10.0. The highest BCUT2D eigenvalue weighted by molar-refractivity contribution is 9.11. The second kappa shape index (κ2) is 8.90. The average Bonchev–Trinajstić information content (AvgIpc) is 2.99. The SMILES string of the molecule is CC(=O)c1cccc(S(=O)(=O)NCCC(=O)N(C)Cc2ccc(Br)s2)c1. The van der Waals surface area contributed by atoms with Crippen LogP contribution in [0.5, 0.6) is 0 Å². The molecule has 0 saturated heterocycles. The minimum absolute atomic E-state index is 0.00874. The number of nitrogens with one attached hydrogen (secondary N) is 1. The van der Waals surface area contributed by atoms with Crippen LogP contribution in [0.2, 0.25) is 0 Å². The normalized spacial score (nSPS) is 11.3. The Morgan fingerprint density at radius 1 is 1.23 bits per heavy atom. The molecule has 1 aromatic carbocycles. The van der Waals surface area contributed by atoms with Crippen LogP contribution in [0, 0.1) is 0 Å². The minimum Gasteiger partial charge on any atom is -0.341 e. The Balaban J connectivity index is 1.90. The van der Waals surface area contributed by atoms with Crippen LogP contribution in [0.4, 0.5) is 0 Å². The molecule has 140 valence electrons. The predicted molar refractivity (Wildman–Crippen MR) is 105 cm³/mol. The first-order chi connectivity index (χ1) is 12.2. The van der Waals surface area contributed by atoms with Crippen molar-refractivity contribution in [1.82, 2.24) is 9.62 Å². The Labute approximate surface area is 165 Å². The van der Waals surface area contributed by atoms with Crippen molar-refractivity contribution in [2.75, 3.05) is 13.6 Å². The molecule has 0 radical (unpaired) electrons. The Morgan fingerprint density at radius 3 is 2.58 bits per heavy atom. The molecule has 2 rings (SSSR count). The van der Waals surface area contributed by atoms with Crippen molar-refractivity contribution < 1.29 is 18.0 Å². The highest BCUT2D eigenvalue weighted by atomic mass is 79.9. The van der Waals surface area contributed by atoms with Gasteiger partial charge in [0.05, 0.1) is 15.2 Å². The van der Waals surface area contributed by atoms with Gasteiger partial charge in [0, 0.05) is 30.5 Å². The van der Waals surface area contributed by atoms with E-state index in [0.717, 1.165) is 8.66 Å². The van der Waals surface area contributed by atoms with Crippen molar-refractivity contribution in [1.29, 1.82) is 0 Å². The summed E-state index contributed by atoms with van der Waals surface area (Å²) in [6, 6.07) is 9.67. The third-order valence-electron chi connectivity index (χ3n) is 3.63. The quantitative estimate of drug-likeness (QED) is 0.616. The standard InChI is InChI=1S/C17H19BrN2O4S2/c1-12(21)13-4-3-5-15(10-13)26(23,24)19-9-8-17(22)20(2)11-14-6-7-16(18)25-14/h3-7,10,19H,8-9,11H2,1-2H3. The summed E-state index contributed by atoms with van der Waals surface area (Å²) in [5.74, 6) is -0.367. The van der Waals surface area contributed by atoms with E-state index in [4.69, 9.17) is 0 Å². The van der Waals surface area contributed by atoms with E-state index in [-0.39, 0.29) is 29.6 Å². The Morgan fingerprint density at radius 2 is 1.96 bits per heavy atom. The number of benzene rings is 1. The van der Waals surface area contributed by atoms with Crippen molar-refractivity contribution in [3.8, 4) is 0 Å². The molecule has 9 heteroatoms. The fraction of sp³-hybridized carbons (Fsp3) is 0.294. The van der Waals surface area contributed by atoms with E-state index >= 15 is 0 Å². The monoisotopic (exact) mass is 458 g/mol. The molecule has 0 bridgehead atoms. The number of ketones is 1. The lowest BCUT2D eigenvalue weighted by Crippen LogP contribution is -2.31. The van der Waals surface area contributed by atoms with Gasteiger partial charge in [-0.05, 0) is 47.1 Å². The van der Waals surface area contributed by atoms with Gasteiger partial charge in [-0.3, -0.25) is 9.59 Å². The van der Waals surface area contributed by atoms with Crippen LogP contribution in [0.25, 0.3) is 0 Å². The summed E-state index contributed by atoms with van der Waals surface area (Å²) in [5.41, 5.74) is 0.325. The van der Waals surface area contributed by atoms with Gasteiger partial charge >= 0.3 is 0 Å². The minimum atomic E-state index is -3.77. The molecule has 6 nitrogen and oxygen atoms in total. The first kappa shape index (κ1) is 20.8. The van der Waals surface area contributed by atoms with Gasteiger partial charge in [0.15, 0.2) is 5.78 Å². The van der Waals surface area contributed by atoms with Gasteiger partial charge in [0.25, 0.3) is 0 Å². The maximum absolute atomic E-state index is 12.3. The van der Waals surface area contributed by atoms with Gasteiger partial charge in [-0.1, -0.05) is 12.1 Å². The van der Waals surface area contributed by atoms with Gasteiger partial charge in [0.2, 0.25) is 15.9 Å². The summed E-state index contributed by atoms with van der Waals surface area (Å²) in [6.45, 7) is 1.84. The van der Waals surface area contributed by atoms with E-state index in [0.29, 0.717) is 12.1 Å². The Hall–Kier alpha value is -1.55. The zero-order chi connectivity index (χ0) is 19.3. The van der Waals surface area contributed by atoms with Crippen LogP contribution >= 0.6 is 27.3 Å². The van der Waals surface area contributed by atoms with Gasteiger partial charge in [-0.15, -0.1) is 11.3 Å². The number of sulfonamides is 1. The van der Waals surface area contributed by atoms with Crippen LogP contribution in [0.1, 0.15) is 28.6 Å². The molecule has 0 unspecified atom stereocenters. The number of thiophene rings is 1. The molecule has 1 aromatic heterocycles. The van der Waals surface area contributed by atoms with Crippen LogP contribution < -0.4 is 4.72 Å². The third-order valence-corrected chi connectivity index (χ3v) is 6.70. The Bertz CT molecular complexity index is 909. The molecule has 0 aliphatic carbocycles. The molecule has 1 N–H and O–H groups in total. The molecule has 1 amide bonds. The largest absolute Gasteiger partial charge is 0.341 e. The first-order valence-electron chi connectivity index (χ1n) is 7.78. The fourth-order valence-electron chi connectivity index (χ4n) is 2.21. The topological polar surface area (TPSA) is 83.5 Å². The number of Topliss-reactive ketones (excluding diaryl/α,β-unsaturated/α-hetero) is 1. The summed E-state index contributed by atoms with van der Waals surface area (Å²) < 4.78 is 28.0. The second-order valence-electron chi connectivity index (χ2n) is 5.69. The lowest BCUT2D eigenvalue weighted by atomic mass is 10.2. The number of nitrogens with zero attached hydrogens (tertiary/aromatic N) is 1. The summed E-state index contributed by atoms with van der Waals surface area (Å²) >= 11 is 4.92. The number of halogens is 1. The van der Waals surface area contributed by atoms with E-state index in [9.17, 15) is 18.0 Å².